The number of aliphatic carboxylic acids is 1. The molecule has 10 heteroatoms. The molecule has 1 saturated heterocycles. The summed E-state index contributed by atoms with van der Waals surface area (Å²) in [5.41, 5.74) is 1.18. The molecule has 1 saturated carbocycles. The van der Waals surface area contributed by atoms with E-state index in [1.807, 2.05) is 44.2 Å². The Labute approximate surface area is 261 Å². The molecule has 3 rings (SSSR count). The number of hydrogen-bond donors (Lipinski definition) is 1. The van der Waals surface area contributed by atoms with Crippen molar-refractivity contribution in [3.8, 4) is 0 Å². The van der Waals surface area contributed by atoms with Gasteiger partial charge in [0.15, 0.2) is 0 Å². The van der Waals surface area contributed by atoms with Crippen LogP contribution in [0.15, 0.2) is 30.3 Å². The van der Waals surface area contributed by atoms with E-state index in [9.17, 15) is 24.1 Å². The molecule has 1 amide bonds. The average molecular weight is 587 g/mol. The molecule has 219 valence electrons. The zero-order valence-electron chi connectivity index (χ0n) is 24.8. The van der Waals surface area contributed by atoms with Gasteiger partial charge >= 0.3 is 11.9 Å². The second-order valence-electron chi connectivity index (χ2n) is 11.5. The summed E-state index contributed by atoms with van der Waals surface area (Å²) in [4.78, 5) is 39.2. The van der Waals surface area contributed by atoms with Crippen molar-refractivity contribution < 1.29 is 33.3 Å². The largest absolute Gasteiger partial charge is 0.480 e. The number of likely N-dealkylation sites (tertiary alicyclic amines) is 1. The summed E-state index contributed by atoms with van der Waals surface area (Å²) in [6.07, 6.45) is 7.12. The quantitative estimate of drug-likeness (QED) is 0.0973. The molecule has 1 aliphatic carbocycles. The molecule has 1 unspecified atom stereocenters. The number of amides is 1. The van der Waals surface area contributed by atoms with Crippen LogP contribution in [0.3, 0.4) is 0 Å². The van der Waals surface area contributed by atoms with Crippen LogP contribution in [0, 0.1) is 17.8 Å². The van der Waals surface area contributed by atoms with Crippen molar-refractivity contribution in [3.05, 3.63) is 35.9 Å². The van der Waals surface area contributed by atoms with Crippen molar-refractivity contribution in [2.24, 2.45) is 17.8 Å². The minimum atomic E-state index is -3.60. The molecule has 1 aliphatic heterocycles. The molecule has 40 heavy (non-hydrogen) atoms. The zero-order valence-corrected chi connectivity index (χ0v) is 27.7. The van der Waals surface area contributed by atoms with E-state index < -0.39 is 37.5 Å². The summed E-state index contributed by atoms with van der Waals surface area (Å²) < 4.78 is 25.7. The van der Waals surface area contributed by atoms with Crippen LogP contribution in [-0.2, 0) is 34.6 Å². The Morgan fingerprint density at radius 2 is 1.73 bits per heavy atom. The first-order valence-electron chi connectivity index (χ1n) is 14.6. The Balaban J connectivity index is 0.00000560. The number of carboxylic acid groups (broad SMARTS) is 1. The van der Waals surface area contributed by atoms with Gasteiger partial charge in [0.25, 0.3) is 0 Å². The van der Waals surface area contributed by atoms with Crippen LogP contribution in [0.5, 0.6) is 0 Å². The van der Waals surface area contributed by atoms with Crippen LogP contribution >= 0.6 is 7.37 Å². The fraction of sp³-hybridized carbons (Fsp3) is 0.700. The van der Waals surface area contributed by atoms with Crippen LogP contribution in [0.2, 0.25) is 0 Å². The van der Waals surface area contributed by atoms with Crippen LogP contribution in [0.1, 0.15) is 84.1 Å². The maximum Gasteiger partial charge on any atom is 0.326 e. The minimum Gasteiger partial charge on any atom is -0.480 e. The van der Waals surface area contributed by atoms with Crippen LogP contribution in [-0.4, -0.2) is 88.6 Å². The number of carbonyl (C=O) groups excluding carboxylic acids is 2. The SMILES string of the molecule is CCC(=O)O[C@@H](OP(=O)(CCCCc1ccccc1)CC(=O)N1C[C@H](C2CCCCC2)C[C@H]1C(=O)O)C(C)C.[Na]. The van der Waals surface area contributed by atoms with E-state index >= 15 is 0 Å². The Kier molecular flexibility index (Phi) is 14.9. The van der Waals surface area contributed by atoms with Crippen LogP contribution < -0.4 is 0 Å². The van der Waals surface area contributed by atoms with Gasteiger partial charge in [0.1, 0.15) is 12.2 Å². The number of aryl methyl sites for hydroxylation is 1. The predicted octanol–water partition coefficient (Wildman–Crippen LogP) is 5.74. The van der Waals surface area contributed by atoms with Crippen LogP contribution in [0.25, 0.3) is 0 Å². The van der Waals surface area contributed by atoms with Crippen molar-refractivity contribution in [3.63, 3.8) is 0 Å². The topological polar surface area (TPSA) is 110 Å². The summed E-state index contributed by atoms with van der Waals surface area (Å²) in [6, 6.07) is 9.10. The van der Waals surface area contributed by atoms with Gasteiger partial charge in [0.05, 0.1) is 0 Å². The number of rotatable bonds is 14. The van der Waals surface area contributed by atoms with Crippen molar-refractivity contribution in [2.45, 2.75) is 97.3 Å². The summed E-state index contributed by atoms with van der Waals surface area (Å²) in [5, 5.41) is 9.92. The van der Waals surface area contributed by atoms with E-state index in [4.69, 9.17) is 9.26 Å². The van der Waals surface area contributed by atoms with E-state index in [0.717, 1.165) is 38.5 Å². The molecule has 0 aromatic heterocycles. The molecule has 8 nitrogen and oxygen atoms in total. The third kappa shape index (κ3) is 10.6. The third-order valence-corrected chi connectivity index (χ3v) is 10.4. The van der Waals surface area contributed by atoms with Gasteiger partial charge < -0.3 is 14.7 Å². The molecular formula is C30H46NNaO7P. The first kappa shape index (κ1) is 35.0. The maximum absolute atomic E-state index is 14.2. The van der Waals surface area contributed by atoms with Crippen molar-refractivity contribution in [1.29, 1.82) is 0 Å². The number of benzene rings is 1. The van der Waals surface area contributed by atoms with Gasteiger partial charge in [-0.2, -0.15) is 0 Å². The molecule has 0 spiro atoms. The Morgan fingerprint density at radius 1 is 1.05 bits per heavy atom. The van der Waals surface area contributed by atoms with Gasteiger partial charge in [-0.15, -0.1) is 0 Å². The summed E-state index contributed by atoms with van der Waals surface area (Å²) >= 11 is 0. The Hall–Kier alpha value is -1.18. The second kappa shape index (κ2) is 17.1. The first-order valence-corrected chi connectivity index (χ1v) is 16.6. The fourth-order valence-electron chi connectivity index (χ4n) is 5.80. The number of carboxylic acids is 1. The van der Waals surface area contributed by atoms with Gasteiger partial charge in [-0.05, 0) is 43.1 Å². The van der Waals surface area contributed by atoms with E-state index in [2.05, 4.69) is 0 Å². The van der Waals surface area contributed by atoms with Crippen molar-refractivity contribution >= 4 is 54.8 Å². The molecule has 4 atom stereocenters. The molecule has 1 N–H and O–H groups in total. The molecule has 1 aromatic carbocycles. The van der Waals surface area contributed by atoms with Gasteiger partial charge in [-0.3, -0.25) is 18.7 Å². The van der Waals surface area contributed by atoms with Crippen molar-refractivity contribution in [1.82, 2.24) is 4.90 Å². The van der Waals surface area contributed by atoms with E-state index in [1.165, 1.54) is 16.9 Å². The second-order valence-corrected chi connectivity index (χ2v) is 14.1. The molecule has 1 radical (unpaired) electrons. The number of hydrogen-bond acceptors (Lipinski definition) is 6. The monoisotopic (exact) mass is 586 g/mol. The molecule has 2 fully saturated rings. The number of nitrogens with zero attached hydrogens (tertiary/aromatic N) is 1. The number of carbonyl (C=O) groups is 3. The molecule has 1 heterocycles. The van der Waals surface area contributed by atoms with Gasteiger partial charge in [-0.1, -0.05) is 83.2 Å². The first-order chi connectivity index (χ1) is 18.6. The zero-order chi connectivity index (χ0) is 28.4. The molecule has 2 aliphatic rings. The molecule has 0 bridgehead atoms. The number of esters is 1. The predicted molar refractivity (Wildman–Crippen MR) is 156 cm³/mol. The minimum absolute atomic E-state index is 0. The molecular weight excluding hydrogens is 540 g/mol. The smallest absolute Gasteiger partial charge is 0.326 e. The average Bonchev–Trinajstić information content (AvgIpc) is 3.38. The summed E-state index contributed by atoms with van der Waals surface area (Å²) in [6.45, 7) is 5.68. The molecule has 1 aromatic rings. The third-order valence-electron chi connectivity index (χ3n) is 8.07. The Bertz CT molecular complexity index is 999. The van der Waals surface area contributed by atoms with Gasteiger partial charge in [0.2, 0.25) is 19.6 Å². The van der Waals surface area contributed by atoms with E-state index in [-0.39, 0.29) is 60.1 Å². The summed E-state index contributed by atoms with van der Waals surface area (Å²) in [5.74, 6) is -1.61. The number of ether oxygens (including phenoxy) is 1. The Morgan fingerprint density at radius 3 is 2.33 bits per heavy atom. The maximum atomic E-state index is 14.2. The van der Waals surface area contributed by atoms with Gasteiger partial charge in [0, 0.05) is 54.6 Å². The number of unbranched alkanes of at least 4 members (excludes halogenated alkanes) is 1. The van der Waals surface area contributed by atoms with Crippen LogP contribution in [0.4, 0.5) is 0 Å². The van der Waals surface area contributed by atoms with E-state index in [1.54, 1.807) is 6.92 Å². The fourth-order valence-corrected chi connectivity index (χ4v) is 8.10. The van der Waals surface area contributed by atoms with E-state index in [0.29, 0.717) is 25.3 Å². The van der Waals surface area contributed by atoms with Crippen molar-refractivity contribution in [2.75, 3.05) is 18.9 Å². The van der Waals surface area contributed by atoms with Gasteiger partial charge in [-0.25, -0.2) is 4.79 Å². The summed E-state index contributed by atoms with van der Waals surface area (Å²) in [7, 11) is -3.60. The standard InChI is InChI=1S/C30H46NO7P.Na/c1-4-28(33)37-30(22(2)3)38-39(36,18-12-11-15-23-13-7-5-8-14-23)21-27(32)31-20-25(19-26(31)29(34)35)24-16-9-6-10-17-24;/h5,7-8,13-14,22,24-26,30H,4,6,9-12,15-21H2,1-3H3,(H,34,35);/t25-,26+,30+,39?;/m1./s1. The normalized spacial score (nSPS) is 21.9.